The Hall–Kier alpha value is -2.69. The van der Waals surface area contributed by atoms with Gasteiger partial charge in [0.15, 0.2) is 0 Å². The van der Waals surface area contributed by atoms with Crippen molar-refractivity contribution in [3.05, 3.63) is 65.0 Å². The van der Waals surface area contributed by atoms with Crippen LogP contribution in [0.4, 0.5) is 0 Å². The van der Waals surface area contributed by atoms with E-state index >= 15 is 0 Å². The van der Waals surface area contributed by atoms with Gasteiger partial charge < -0.3 is 10.4 Å². The smallest absolute Gasteiger partial charge is 0.335 e. The minimum atomic E-state index is -0.961. The fourth-order valence-corrected chi connectivity index (χ4v) is 2.02. The average molecular weight is 284 g/mol. The van der Waals surface area contributed by atoms with Crippen LogP contribution in [0.25, 0.3) is 0 Å². The molecular weight excluding hydrogens is 268 g/mol. The minimum Gasteiger partial charge on any atom is -0.478 e. The van der Waals surface area contributed by atoms with E-state index in [4.69, 9.17) is 5.11 Å². The van der Waals surface area contributed by atoms with Crippen LogP contribution in [-0.2, 0) is 6.42 Å². The van der Waals surface area contributed by atoms with Crippen LogP contribution in [0.5, 0.6) is 0 Å². The van der Waals surface area contributed by atoms with E-state index in [2.05, 4.69) is 10.3 Å². The van der Waals surface area contributed by atoms with E-state index in [-0.39, 0.29) is 11.5 Å². The Morgan fingerprint density at radius 3 is 2.62 bits per heavy atom. The van der Waals surface area contributed by atoms with Gasteiger partial charge in [0.05, 0.1) is 5.56 Å². The van der Waals surface area contributed by atoms with Gasteiger partial charge in [-0.25, -0.2) is 9.78 Å². The summed E-state index contributed by atoms with van der Waals surface area (Å²) in [6.07, 6.45) is 0.458. The second-order valence-electron chi connectivity index (χ2n) is 4.63. The summed E-state index contributed by atoms with van der Waals surface area (Å²) in [6.45, 7) is 2.18. The fraction of sp³-hybridized carbons (Fsp3) is 0.188. The highest BCUT2D eigenvalue weighted by atomic mass is 16.4. The topological polar surface area (TPSA) is 79.3 Å². The summed E-state index contributed by atoms with van der Waals surface area (Å²) in [5, 5.41) is 11.8. The number of carbonyl (C=O) groups is 2. The minimum absolute atomic E-state index is 0.258. The number of aryl methyl sites for hydroxylation is 1. The zero-order chi connectivity index (χ0) is 15.2. The number of nitrogens with zero attached hydrogens (tertiary/aromatic N) is 1. The lowest BCUT2D eigenvalue weighted by atomic mass is 10.0. The highest BCUT2D eigenvalue weighted by Crippen LogP contribution is 2.09. The highest BCUT2D eigenvalue weighted by molar-refractivity contribution is 5.92. The SMILES string of the molecule is Cc1cccc(C(=O)NCCc2ccccc2C(=O)O)n1. The zero-order valence-corrected chi connectivity index (χ0v) is 11.7. The highest BCUT2D eigenvalue weighted by Gasteiger charge is 2.10. The summed E-state index contributed by atoms with van der Waals surface area (Å²) in [5.41, 5.74) is 2.10. The van der Waals surface area contributed by atoms with E-state index in [1.807, 2.05) is 13.0 Å². The van der Waals surface area contributed by atoms with Gasteiger partial charge in [-0.1, -0.05) is 24.3 Å². The van der Waals surface area contributed by atoms with Gasteiger partial charge in [-0.05, 0) is 37.1 Å². The Bertz CT molecular complexity index is 668. The van der Waals surface area contributed by atoms with Crippen LogP contribution >= 0.6 is 0 Å². The van der Waals surface area contributed by atoms with E-state index in [0.29, 0.717) is 24.2 Å². The molecule has 0 aliphatic heterocycles. The van der Waals surface area contributed by atoms with Gasteiger partial charge in [-0.2, -0.15) is 0 Å². The molecule has 0 saturated carbocycles. The monoisotopic (exact) mass is 284 g/mol. The van der Waals surface area contributed by atoms with Gasteiger partial charge in [0.1, 0.15) is 5.69 Å². The van der Waals surface area contributed by atoms with Gasteiger partial charge in [0.2, 0.25) is 0 Å². The van der Waals surface area contributed by atoms with E-state index in [1.54, 1.807) is 36.4 Å². The first kappa shape index (κ1) is 14.7. The largest absolute Gasteiger partial charge is 0.478 e. The maximum Gasteiger partial charge on any atom is 0.335 e. The lowest BCUT2D eigenvalue weighted by Crippen LogP contribution is -2.27. The van der Waals surface area contributed by atoms with E-state index in [9.17, 15) is 9.59 Å². The molecule has 0 radical (unpaired) electrons. The molecule has 108 valence electrons. The summed E-state index contributed by atoms with van der Waals surface area (Å²) in [7, 11) is 0. The van der Waals surface area contributed by atoms with Crippen molar-refractivity contribution in [2.45, 2.75) is 13.3 Å². The molecule has 2 aromatic rings. The molecule has 0 fully saturated rings. The molecule has 0 atom stereocenters. The normalized spacial score (nSPS) is 10.1. The standard InChI is InChI=1S/C16H16N2O3/c1-11-5-4-8-14(18-11)15(19)17-10-9-12-6-2-3-7-13(12)16(20)21/h2-8H,9-10H2,1H3,(H,17,19)(H,20,21). The molecule has 1 heterocycles. The maximum absolute atomic E-state index is 11.9. The van der Waals surface area contributed by atoms with Gasteiger partial charge in [-0.15, -0.1) is 0 Å². The number of aromatic nitrogens is 1. The third-order valence-electron chi connectivity index (χ3n) is 3.05. The fourth-order valence-electron chi connectivity index (χ4n) is 2.02. The number of nitrogens with one attached hydrogen (secondary N) is 1. The van der Waals surface area contributed by atoms with Gasteiger partial charge >= 0.3 is 5.97 Å². The molecule has 0 bridgehead atoms. The van der Waals surface area contributed by atoms with Gasteiger partial charge in [0, 0.05) is 12.2 Å². The third-order valence-corrected chi connectivity index (χ3v) is 3.05. The molecule has 5 nitrogen and oxygen atoms in total. The molecule has 0 aliphatic carbocycles. The van der Waals surface area contributed by atoms with Crippen LogP contribution in [-0.4, -0.2) is 28.5 Å². The van der Waals surface area contributed by atoms with Crippen molar-refractivity contribution in [3.8, 4) is 0 Å². The summed E-state index contributed by atoms with van der Waals surface area (Å²) >= 11 is 0. The second kappa shape index (κ2) is 6.65. The van der Waals surface area contributed by atoms with E-state index in [1.165, 1.54) is 0 Å². The predicted octanol–water partition coefficient (Wildman–Crippen LogP) is 2.06. The predicted molar refractivity (Wildman–Crippen MR) is 78.4 cm³/mol. The number of carboxylic acids is 1. The number of hydrogen-bond donors (Lipinski definition) is 2. The van der Waals surface area contributed by atoms with E-state index in [0.717, 1.165) is 5.69 Å². The summed E-state index contributed by atoms with van der Waals surface area (Å²) in [5.74, 6) is -1.22. The van der Waals surface area contributed by atoms with Crippen LogP contribution in [0.15, 0.2) is 42.5 Å². The number of hydrogen-bond acceptors (Lipinski definition) is 3. The lowest BCUT2D eigenvalue weighted by molar-refractivity contribution is 0.0695. The molecule has 1 aromatic carbocycles. The lowest BCUT2D eigenvalue weighted by Gasteiger charge is -2.07. The van der Waals surface area contributed by atoms with Crippen molar-refractivity contribution in [1.29, 1.82) is 0 Å². The number of aromatic carboxylic acids is 1. The first-order chi connectivity index (χ1) is 10.1. The Morgan fingerprint density at radius 1 is 1.14 bits per heavy atom. The van der Waals surface area contributed by atoms with Crippen LogP contribution in [0.2, 0.25) is 0 Å². The molecule has 0 aliphatic rings. The van der Waals surface area contributed by atoms with Crippen molar-refractivity contribution in [2.75, 3.05) is 6.54 Å². The van der Waals surface area contributed by atoms with Gasteiger partial charge in [0.25, 0.3) is 5.91 Å². The molecule has 1 amide bonds. The van der Waals surface area contributed by atoms with Crippen LogP contribution in [0, 0.1) is 6.92 Å². The maximum atomic E-state index is 11.9. The average Bonchev–Trinajstić information content (AvgIpc) is 2.47. The van der Waals surface area contributed by atoms with E-state index < -0.39 is 5.97 Å². The summed E-state index contributed by atoms with van der Waals surface area (Å²) in [4.78, 5) is 27.1. The third kappa shape index (κ3) is 3.89. The Balaban J connectivity index is 1.96. The number of carbonyl (C=O) groups excluding carboxylic acids is 1. The molecule has 21 heavy (non-hydrogen) atoms. The van der Waals surface area contributed by atoms with Crippen molar-refractivity contribution in [2.24, 2.45) is 0 Å². The molecule has 0 saturated heterocycles. The van der Waals surface area contributed by atoms with Crippen molar-refractivity contribution in [1.82, 2.24) is 10.3 Å². The van der Waals surface area contributed by atoms with Crippen LogP contribution in [0.1, 0.15) is 32.1 Å². The Kier molecular flexibility index (Phi) is 4.66. The molecule has 2 N–H and O–H groups in total. The summed E-state index contributed by atoms with van der Waals surface area (Å²) in [6, 6.07) is 12.0. The first-order valence-corrected chi connectivity index (χ1v) is 6.61. The number of pyridine rings is 1. The quantitative estimate of drug-likeness (QED) is 0.880. The molecule has 1 aromatic heterocycles. The number of carboxylic acid groups (broad SMARTS) is 1. The van der Waals surface area contributed by atoms with Gasteiger partial charge in [-0.3, -0.25) is 4.79 Å². The molecular formula is C16H16N2O3. The first-order valence-electron chi connectivity index (χ1n) is 6.61. The number of rotatable bonds is 5. The van der Waals surface area contributed by atoms with Crippen molar-refractivity contribution >= 4 is 11.9 Å². The van der Waals surface area contributed by atoms with Crippen molar-refractivity contribution < 1.29 is 14.7 Å². The molecule has 5 heteroatoms. The Morgan fingerprint density at radius 2 is 1.90 bits per heavy atom. The van der Waals surface area contributed by atoms with Crippen LogP contribution < -0.4 is 5.32 Å². The number of amides is 1. The second-order valence-corrected chi connectivity index (χ2v) is 4.63. The summed E-state index contributed by atoms with van der Waals surface area (Å²) < 4.78 is 0. The zero-order valence-electron chi connectivity index (χ0n) is 11.7. The molecule has 0 spiro atoms. The van der Waals surface area contributed by atoms with Crippen LogP contribution in [0.3, 0.4) is 0 Å². The molecule has 0 unspecified atom stereocenters. The Labute approximate surface area is 122 Å². The van der Waals surface area contributed by atoms with Crippen molar-refractivity contribution in [3.63, 3.8) is 0 Å². The molecule has 2 rings (SSSR count). The number of benzene rings is 1.